The predicted molar refractivity (Wildman–Crippen MR) is 119 cm³/mol. The minimum atomic E-state index is 0.166. The maximum absolute atomic E-state index is 12.1. The molecule has 1 aromatic carbocycles. The molecule has 160 valence electrons. The zero-order chi connectivity index (χ0) is 21.0. The van der Waals surface area contributed by atoms with Crippen LogP contribution in [0.1, 0.15) is 76.3 Å². The number of nitrogens with zero attached hydrogens (tertiary/aromatic N) is 1. The topological polar surface area (TPSA) is 38.3 Å². The van der Waals surface area contributed by atoms with Gasteiger partial charge in [-0.3, -0.25) is 4.79 Å². The van der Waals surface area contributed by atoms with E-state index >= 15 is 0 Å². The summed E-state index contributed by atoms with van der Waals surface area (Å²) in [5.74, 6) is 1.65. The van der Waals surface area contributed by atoms with E-state index in [0.717, 1.165) is 49.2 Å². The van der Waals surface area contributed by atoms with Crippen LogP contribution in [0.15, 0.2) is 18.2 Å². The van der Waals surface area contributed by atoms with E-state index in [0.29, 0.717) is 12.5 Å². The highest BCUT2D eigenvalue weighted by Crippen LogP contribution is 2.27. The zero-order valence-corrected chi connectivity index (χ0v) is 19.1. The number of quaternary nitrogens is 1. The van der Waals surface area contributed by atoms with E-state index in [9.17, 15) is 4.79 Å². The summed E-state index contributed by atoms with van der Waals surface area (Å²) in [4.78, 5) is 12.1. The molecule has 0 aliphatic rings. The molecule has 0 aromatic heterocycles. The second-order valence-electron chi connectivity index (χ2n) is 8.98. The molecule has 0 aliphatic carbocycles. The van der Waals surface area contributed by atoms with Gasteiger partial charge >= 0.3 is 0 Å². The smallest absolute Gasteiger partial charge is 0.275 e. The van der Waals surface area contributed by atoms with Gasteiger partial charge in [-0.1, -0.05) is 52.2 Å². The molecule has 1 rings (SSSR count). The van der Waals surface area contributed by atoms with Crippen LogP contribution in [-0.4, -0.2) is 50.7 Å². The highest BCUT2D eigenvalue weighted by atomic mass is 16.5. The summed E-state index contributed by atoms with van der Waals surface area (Å²) in [5, 5.41) is 3.06. The van der Waals surface area contributed by atoms with Crippen LogP contribution in [0.5, 0.6) is 5.75 Å². The van der Waals surface area contributed by atoms with Crippen molar-refractivity contribution >= 4 is 5.91 Å². The normalized spacial score (nSPS) is 11.7. The number of aryl methyl sites for hydroxylation is 1. The minimum Gasteiger partial charge on any atom is -0.493 e. The van der Waals surface area contributed by atoms with Crippen molar-refractivity contribution in [1.29, 1.82) is 0 Å². The van der Waals surface area contributed by atoms with Gasteiger partial charge in [-0.2, -0.15) is 0 Å². The Labute approximate surface area is 173 Å². The number of ether oxygens (including phenoxy) is 1. The lowest BCUT2D eigenvalue weighted by atomic mass is 10.0. The van der Waals surface area contributed by atoms with Crippen molar-refractivity contribution in [3.8, 4) is 5.75 Å². The van der Waals surface area contributed by atoms with E-state index in [1.807, 2.05) is 0 Å². The molecular weight excluding hydrogens is 348 g/mol. The number of amides is 1. The van der Waals surface area contributed by atoms with Crippen LogP contribution in [0, 0.1) is 6.92 Å². The van der Waals surface area contributed by atoms with Gasteiger partial charge in [0.2, 0.25) is 0 Å². The summed E-state index contributed by atoms with van der Waals surface area (Å²) in [5.41, 5.74) is 2.51. The highest BCUT2D eigenvalue weighted by Gasteiger charge is 2.19. The summed E-state index contributed by atoms with van der Waals surface area (Å²) in [7, 11) is 4.27. The Morgan fingerprint density at radius 2 is 1.86 bits per heavy atom. The fraction of sp³-hybridized carbons (Fsp3) is 0.708. The third-order valence-electron chi connectivity index (χ3n) is 5.13. The summed E-state index contributed by atoms with van der Waals surface area (Å²) in [6.45, 7) is 11.8. The Morgan fingerprint density at radius 3 is 2.54 bits per heavy atom. The summed E-state index contributed by atoms with van der Waals surface area (Å²) in [6, 6.07) is 6.47. The van der Waals surface area contributed by atoms with Crippen molar-refractivity contribution in [3.05, 3.63) is 29.3 Å². The van der Waals surface area contributed by atoms with Crippen molar-refractivity contribution < 1.29 is 14.0 Å². The quantitative estimate of drug-likeness (QED) is 0.356. The van der Waals surface area contributed by atoms with Crippen molar-refractivity contribution in [2.24, 2.45) is 0 Å². The molecule has 0 saturated carbocycles. The number of carbonyl (C=O) groups excluding carboxylic acids is 1. The predicted octanol–water partition coefficient (Wildman–Crippen LogP) is 5.05. The highest BCUT2D eigenvalue weighted by molar-refractivity contribution is 5.76. The molecule has 0 saturated heterocycles. The van der Waals surface area contributed by atoms with E-state index in [1.165, 1.54) is 30.4 Å². The SMILES string of the molecule is CCCCCCNC(=O)C[N+](C)(C)CCCCOc1cc(C)ccc1C(C)C. The number of nitrogens with one attached hydrogen (secondary N) is 1. The molecule has 0 spiro atoms. The number of unbranched alkanes of at least 4 members (excludes halogenated alkanes) is 4. The first kappa shape index (κ1) is 24.5. The fourth-order valence-corrected chi connectivity index (χ4v) is 3.37. The molecule has 0 unspecified atom stereocenters. The number of hydrogen-bond acceptors (Lipinski definition) is 2. The van der Waals surface area contributed by atoms with Crippen LogP contribution >= 0.6 is 0 Å². The van der Waals surface area contributed by atoms with Gasteiger partial charge in [-0.25, -0.2) is 0 Å². The molecule has 0 heterocycles. The average Bonchev–Trinajstić information content (AvgIpc) is 2.60. The van der Waals surface area contributed by atoms with Crippen LogP contribution in [-0.2, 0) is 4.79 Å². The Balaban J connectivity index is 2.27. The Kier molecular flexibility index (Phi) is 11.2. The number of rotatable bonds is 14. The third kappa shape index (κ3) is 10.1. The van der Waals surface area contributed by atoms with E-state index < -0.39 is 0 Å². The molecule has 1 N–H and O–H groups in total. The van der Waals surface area contributed by atoms with Crippen LogP contribution in [0.2, 0.25) is 0 Å². The van der Waals surface area contributed by atoms with E-state index in [-0.39, 0.29) is 5.91 Å². The Bertz CT molecular complexity index is 582. The second-order valence-corrected chi connectivity index (χ2v) is 8.98. The van der Waals surface area contributed by atoms with Crippen molar-refractivity contribution in [1.82, 2.24) is 5.32 Å². The van der Waals surface area contributed by atoms with Crippen molar-refractivity contribution in [3.63, 3.8) is 0 Å². The number of benzene rings is 1. The first-order chi connectivity index (χ1) is 13.2. The van der Waals surface area contributed by atoms with Gasteiger partial charge in [0.15, 0.2) is 6.54 Å². The van der Waals surface area contributed by atoms with Gasteiger partial charge in [0.25, 0.3) is 5.91 Å². The van der Waals surface area contributed by atoms with E-state index in [2.05, 4.69) is 65.3 Å². The molecule has 28 heavy (non-hydrogen) atoms. The maximum atomic E-state index is 12.1. The van der Waals surface area contributed by atoms with E-state index in [1.54, 1.807) is 0 Å². The summed E-state index contributed by atoms with van der Waals surface area (Å²) < 4.78 is 6.80. The Morgan fingerprint density at radius 1 is 1.11 bits per heavy atom. The number of hydrogen-bond donors (Lipinski definition) is 1. The maximum Gasteiger partial charge on any atom is 0.275 e. The van der Waals surface area contributed by atoms with Gasteiger partial charge in [0, 0.05) is 6.54 Å². The first-order valence-corrected chi connectivity index (χ1v) is 11.1. The van der Waals surface area contributed by atoms with E-state index in [4.69, 9.17) is 4.74 Å². The van der Waals surface area contributed by atoms with Crippen LogP contribution in [0.4, 0.5) is 0 Å². The molecule has 0 aliphatic heterocycles. The Hall–Kier alpha value is -1.55. The summed E-state index contributed by atoms with van der Waals surface area (Å²) >= 11 is 0. The number of carbonyl (C=O) groups is 1. The lowest BCUT2D eigenvalue weighted by Crippen LogP contribution is -2.48. The number of likely N-dealkylation sites (N-methyl/N-ethyl adjacent to an activating group) is 1. The molecule has 0 atom stereocenters. The third-order valence-corrected chi connectivity index (χ3v) is 5.13. The summed E-state index contributed by atoms with van der Waals surface area (Å²) in [6.07, 6.45) is 6.83. The van der Waals surface area contributed by atoms with Gasteiger partial charge < -0.3 is 14.5 Å². The molecule has 1 amide bonds. The van der Waals surface area contributed by atoms with Crippen LogP contribution in [0.3, 0.4) is 0 Å². The fourth-order valence-electron chi connectivity index (χ4n) is 3.37. The largest absolute Gasteiger partial charge is 0.493 e. The van der Waals surface area contributed by atoms with Gasteiger partial charge in [0.1, 0.15) is 5.75 Å². The zero-order valence-electron chi connectivity index (χ0n) is 19.1. The second kappa shape index (κ2) is 12.8. The minimum absolute atomic E-state index is 0.166. The molecule has 0 fully saturated rings. The van der Waals surface area contributed by atoms with Crippen molar-refractivity contribution in [2.75, 3.05) is 40.3 Å². The van der Waals surface area contributed by atoms with Gasteiger partial charge in [-0.05, 0) is 49.3 Å². The molecule has 4 nitrogen and oxygen atoms in total. The van der Waals surface area contributed by atoms with Crippen molar-refractivity contribution in [2.45, 2.75) is 72.1 Å². The standard InChI is InChI=1S/C24H42N2O2/c1-7-8-9-10-15-25-24(27)19-26(5,6)16-11-12-17-28-23-18-21(4)13-14-22(23)20(2)3/h13-14,18,20H,7-12,15-17,19H2,1-6H3/p+1. The molecular formula is C24H43N2O2+. The molecule has 0 radical (unpaired) electrons. The lowest BCUT2D eigenvalue weighted by molar-refractivity contribution is -0.882. The molecule has 0 bridgehead atoms. The van der Waals surface area contributed by atoms with Crippen LogP contribution in [0.25, 0.3) is 0 Å². The molecule has 4 heteroatoms. The first-order valence-electron chi connectivity index (χ1n) is 11.1. The van der Waals surface area contributed by atoms with Gasteiger partial charge in [0.05, 0.1) is 27.2 Å². The van der Waals surface area contributed by atoms with Crippen LogP contribution < -0.4 is 10.1 Å². The molecule has 1 aromatic rings. The van der Waals surface area contributed by atoms with Gasteiger partial charge in [-0.15, -0.1) is 0 Å². The average molecular weight is 392 g/mol. The monoisotopic (exact) mass is 391 g/mol. The lowest BCUT2D eigenvalue weighted by Gasteiger charge is -2.29.